The molecule has 0 aliphatic carbocycles. The monoisotopic (exact) mass is 433 g/mol. The van der Waals surface area contributed by atoms with Gasteiger partial charge in [0.25, 0.3) is 5.91 Å². The molecular formula is C23H23N5O4. The van der Waals surface area contributed by atoms with Crippen LogP contribution in [0.1, 0.15) is 45.0 Å². The van der Waals surface area contributed by atoms with E-state index in [0.717, 1.165) is 11.4 Å². The first-order chi connectivity index (χ1) is 15.5. The summed E-state index contributed by atoms with van der Waals surface area (Å²) < 4.78 is 14.1. The number of nitrogens with zero attached hydrogens (tertiary/aromatic N) is 4. The molecule has 4 aromatic rings. The zero-order valence-corrected chi connectivity index (χ0v) is 18.0. The molecule has 0 saturated carbocycles. The number of esters is 1. The second kappa shape index (κ2) is 8.93. The number of anilines is 1. The van der Waals surface area contributed by atoms with Gasteiger partial charge in [-0.2, -0.15) is 10.2 Å². The second-order valence-corrected chi connectivity index (χ2v) is 7.18. The minimum Gasteiger partial charge on any atom is -0.462 e. The van der Waals surface area contributed by atoms with Crippen molar-refractivity contribution in [3.63, 3.8) is 0 Å². The number of benzene rings is 1. The van der Waals surface area contributed by atoms with Crippen molar-refractivity contribution in [2.75, 3.05) is 11.9 Å². The molecule has 0 aliphatic heterocycles. The first-order valence-electron chi connectivity index (χ1n) is 10.2. The lowest BCUT2D eigenvalue weighted by atomic mass is 10.3. The van der Waals surface area contributed by atoms with E-state index in [2.05, 4.69) is 15.5 Å². The number of rotatable bonds is 7. The molecule has 0 fully saturated rings. The van der Waals surface area contributed by atoms with Crippen molar-refractivity contribution >= 4 is 17.7 Å². The van der Waals surface area contributed by atoms with E-state index in [9.17, 15) is 9.59 Å². The summed E-state index contributed by atoms with van der Waals surface area (Å²) in [5, 5.41) is 11.4. The lowest BCUT2D eigenvalue weighted by Crippen LogP contribution is -2.17. The summed E-state index contributed by atoms with van der Waals surface area (Å²) in [6, 6.07) is 14.5. The molecule has 0 unspecified atom stereocenters. The Kier molecular flexibility index (Phi) is 5.89. The van der Waals surface area contributed by atoms with E-state index in [1.54, 1.807) is 23.7 Å². The van der Waals surface area contributed by atoms with Crippen LogP contribution >= 0.6 is 0 Å². The van der Waals surface area contributed by atoms with Crippen molar-refractivity contribution in [2.45, 2.75) is 27.3 Å². The van der Waals surface area contributed by atoms with E-state index in [4.69, 9.17) is 9.15 Å². The smallest absolute Gasteiger partial charge is 0.343 e. The maximum absolute atomic E-state index is 12.9. The number of aryl methyl sites for hydroxylation is 2. The van der Waals surface area contributed by atoms with E-state index in [1.807, 2.05) is 50.2 Å². The van der Waals surface area contributed by atoms with Crippen LogP contribution in [0.4, 0.5) is 5.82 Å². The summed E-state index contributed by atoms with van der Waals surface area (Å²) in [7, 11) is 0. The van der Waals surface area contributed by atoms with E-state index in [1.165, 1.54) is 10.9 Å². The Balaban J connectivity index is 1.60. The van der Waals surface area contributed by atoms with E-state index in [0.29, 0.717) is 18.0 Å². The zero-order valence-electron chi connectivity index (χ0n) is 18.0. The average molecular weight is 433 g/mol. The minimum absolute atomic E-state index is 0.108. The van der Waals surface area contributed by atoms with E-state index in [-0.39, 0.29) is 23.7 Å². The third-order valence-electron chi connectivity index (χ3n) is 4.79. The molecule has 1 amide bonds. The predicted molar refractivity (Wildman–Crippen MR) is 117 cm³/mol. The predicted octanol–water partition coefficient (Wildman–Crippen LogP) is 3.76. The molecule has 0 atom stereocenters. The van der Waals surface area contributed by atoms with E-state index < -0.39 is 11.9 Å². The van der Waals surface area contributed by atoms with Crippen molar-refractivity contribution < 1.29 is 18.7 Å². The third kappa shape index (κ3) is 4.31. The fraction of sp³-hybridized carbons (Fsp3) is 0.217. The summed E-state index contributed by atoms with van der Waals surface area (Å²) in [5.74, 6) is -0.181. The maximum Gasteiger partial charge on any atom is 0.343 e. The highest BCUT2D eigenvalue weighted by Crippen LogP contribution is 2.22. The third-order valence-corrected chi connectivity index (χ3v) is 4.79. The first-order valence-corrected chi connectivity index (χ1v) is 10.2. The number of furan rings is 1. The zero-order chi connectivity index (χ0) is 22.7. The van der Waals surface area contributed by atoms with Crippen LogP contribution in [-0.4, -0.2) is 38.0 Å². The number of nitrogens with one attached hydrogen (secondary N) is 1. The largest absolute Gasteiger partial charge is 0.462 e. The van der Waals surface area contributed by atoms with Crippen molar-refractivity contribution in [2.24, 2.45) is 0 Å². The highest BCUT2D eigenvalue weighted by molar-refractivity contribution is 6.06. The molecule has 32 heavy (non-hydrogen) atoms. The number of para-hydroxylation sites is 1. The summed E-state index contributed by atoms with van der Waals surface area (Å²) in [6.45, 7) is 6.20. The number of aromatic nitrogens is 4. The Morgan fingerprint density at radius 3 is 2.59 bits per heavy atom. The number of hydrogen-bond donors (Lipinski definition) is 1. The normalized spacial score (nSPS) is 10.8. The highest BCUT2D eigenvalue weighted by Gasteiger charge is 2.23. The van der Waals surface area contributed by atoms with Gasteiger partial charge in [-0.15, -0.1) is 0 Å². The molecule has 0 bridgehead atoms. The molecule has 9 heteroatoms. The summed E-state index contributed by atoms with van der Waals surface area (Å²) in [6.07, 6.45) is 1.37. The van der Waals surface area contributed by atoms with Crippen LogP contribution in [-0.2, 0) is 11.3 Å². The fourth-order valence-corrected chi connectivity index (χ4v) is 3.33. The number of hydrogen-bond acceptors (Lipinski definition) is 6. The highest BCUT2D eigenvalue weighted by atomic mass is 16.5. The molecule has 164 valence electrons. The van der Waals surface area contributed by atoms with Gasteiger partial charge < -0.3 is 14.5 Å². The lowest BCUT2D eigenvalue weighted by Gasteiger charge is -2.10. The van der Waals surface area contributed by atoms with Gasteiger partial charge in [0, 0.05) is 5.69 Å². The maximum atomic E-state index is 12.9. The van der Waals surface area contributed by atoms with Gasteiger partial charge >= 0.3 is 5.97 Å². The summed E-state index contributed by atoms with van der Waals surface area (Å²) >= 11 is 0. The number of ether oxygens (including phenoxy) is 1. The van der Waals surface area contributed by atoms with Crippen LogP contribution in [0, 0.1) is 13.8 Å². The van der Waals surface area contributed by atoms with Gasteiger partial charge in [0.2, 0.25) is 0 Å². The Morgan fingerprint density at radius 1 is 1.12 bits per heavy atom. The average Bonchev–Trinajstić information content (AvgIpc) is 3.48. The second-order valence-electron chi connectivity index (χ2n) is 7.18. The van der Waals surface area contributed by atoms with Gasteiger partial charge in [0.1, 0.15) is 11.3 Å². The van der Waals surface area contributed by atoms with Crippen LogP contribution in [0.2, 0.25) is 0 Å². The number of amides is 1. The van der Waals surface area contributed by atoms with Gasteiger partial charge in [0.15, 0.2) is 11.6 Å². The van der Waals surface area contributed by atoms with Gasteiger partial charge in [0.05, 0.1) is 30.7 Å². The van der Waals surface area contributed by atoms with Crippen molar-refractivity contribution in [1.29, 1.82) is 0 Å². The van der Waals surface area contributed by atoms with Gasteiger partial charge in [-0.3, -0.25) is 9.48 Å². The fourth-order valence-electron chi connectivity index (χ4n) is 3.33. The van der Waals surface area contributed by atoms with E-state index >= 15 is 0 Å². The molecular weight excluding hydrogens is 410 g/mol. The molecule has 3 heterocycles. The molecule has 9 nitrogen and oxygen atoms in total. The Labute approximate surface area is 184 Å². The molecule has 1 aromatic carbocycles. The first kappa shape index (κ1) is 21.1. The standard InChI is InChI=1S/C23H23N5O4/c1-4-31-23(30)19-13-24-28(17-8-6-5-7-9-17)21(19)25-22(29)20-11-10-18(32-20)14-27-16(3)12-15(2)26-27/h5-13H,4,14H2,1-3H3,(H,25,29). The minimum atomic E-state index is -0.574. The molecule has 4 rings (SSSR count). The molecule has 0 saturated heterocycles. The lowest BCUT2D eigenvalue weighted by molar-refractivity contribution is 0.0527. The van der Waals surface area contributed by atoms with Crippen LogP contribution in [0.3, 0.4) is 0 Å². The van der Waals surface area contributed by atoms with Crippen molar-refractivity contribution in [3.05, 3.63) is 83.2 Å². The number of carbonyl (C=O) groups excluding carboxylic acids is 2. The molecule has 0 spiro atoms. The molecule has 0 aliphatic rings. The topological polar surface area (TPSA) is 104 Å². The number of carbonyl (C=O) groups is 2. The summed E-state index contributed by atoms with van der Waals surface area (Å²) in [5.41, 5.74) is 2.74. The van der Waals surface area contributed by atoms with Crippen LogP contribution in [0.25, 0.3) is 5.69 Å². The van der Waals surface area contributed by atoms with Gasteiger partial charge in [-0.25, -0.2) is 9.48 Å². The van der Waals surface area contributed by atoms with Crippen molar-refractivity contribution in [3.8, 4) is 5.69 Å². The van der Waals surface area contributed by atoms with Gasteiger partial charge in [-0.05, 0) is 51.1 Å². The molecule has 0 radical (unpaired) electrons. The van der Waals surface area contributed by atoms with Crippen molar-refractivity contribution in [1.82, 2.24) is 19.6 Å². The molecule has 1 N–H and O–H groups in total. The van der Waals surface area contributed by atoms with Crippen LogP contribution in [0.5, 0.6) is 0 Å². The Bertz CT molecular complexity index is 1250. The SMILES string of the molecule is CCOC(=O)c1cnn(-c2ccccc2)c1NC(=O)c1ccc(Cn2nc(C)cc2C)o1. The Morgan fingerprint density at radius 2 is 1.91 bits per heavy atom. The van der Waals surface area contributed by atoms with Gasteiger partial charge in [-0.1, -0.05) is 18.2 Å². The van der Waals surface area contributed by atoms with Crippen LogP contribution in [0.15, 0.2) is 59.1 Å². The quantitative estimate of drug-likeness (QED) is 0.445. The van der Waals surface area contributed by atoms with Crippen LogP contribution < -0.4 is 5.32 Å². The molecule has 3 aromatic heterocycles. The summed E-state index contributed by atoms with van der Waals surface area (Å²) in [4.78, 5) is 25.4. The Hall–Kier alpha value is -4.14.